The van der Waals surface area contributed by atoms with E-state index in [4.69, 9.17) is 0 Å². The first-order valence-corrected chi connectivity index (χ1v) is 7.78. The van der Waals surface area contributed by atoms with Crippen molar-refractivity contribution < 1.29 is 0 Å². The van der Waals surface area contributed by atoms with E-state index in [1.807, 2.05) is 12.1 Å². The zero-order valence-electron chi connectivity index (χ0n) is 14.4. The van der Waals surface area contributed by atoms with Crippen LogP contribution in [-0.4, -0.2) is 9.97 Å². The molecule has 24 heavy (non-hydrogen) atoms. The molecule has 3 rings (SSSR count). The zero-order chi connectivity index (χ0) is 16.4. The van der Waals surface area contributed by atoms with Crippen molar-refractivity contribution >= 4 is 24.0 Å². The van der Waals surface area contributed by atoms with Crippen LogP contribution in [0.2, 0.25) is 0 Å². The smallest absolute Gasteiger partial charge is 0.227 e. The summed E-state index contributed by atoms with van der Waals surface area (Å²) in [6.45, 7) is 8.45. The summed E-state index contributed by atoms with van der Waals surface area (Å²) in [6.07, 6.45) is 1.79. The predicted molar refractivity (Wildman–Crippen MR) is 103 cm³/mol. The highest BCUT2D eigenvalue weighted by molar-refractivity contribution is 5.85. The predicted octanol–water partition coefficient (Wildman–Crippen LogP) is 5.54. The van der Waals surface area contributed by atoms with Gasteiger partial charge in [0.05, 0.1) is 5.69 Å². The van der Waals surface area contributed by atoms with Gasteiger partial charge in [-0.05, 0) is 74.2 Å². The fourth-order valence-electron chi connectivity index (χ4n) is 2.43. The van der Waals surface area contributed by atoms with Gasteiger partial charge in [0.1, 0.15) is 0 Å². The van der Waals surface area contributed by atoms with Crippen molar-refractivity contribution in [3.8, 4) is 11.3 Å². The second kappa shape index (κ2) is 7.45. The molecular weight excluding hydrogens is 318 g/mol. The SMILES string of the molecule is Cc1ccc(Nc2nccc(-c3ccc(C)c(C)c3)n2)cc1C.Cl. The monoisotopic (exact) mass is 339 g/mol. The van der Waals surface area contributed by atoms with E-state index in [1.165, 1.54) is 22.3 Å². The first-order valence-electron chi connectivity index (χ1n) is 7.78. The van der Waals surface area contributed by atoms with Crippen LogP contribution in [0.5, 0.6) is 0 Å². The molecule has 0 aliphatic carbocycles. The zero-order valence-corrected chi connectivity index (χ0v) is 15.2. The number of benzene rings is 2. The maximum atomic E-state index is 4.64. The number of aromatic nitrogens is 2. The van der Waals surface area contributed by atoms with Crippen LogP contribution in [-0.2, 0) is 0 Å². The minimum Gasteiger partial charge on any atom is -0.324 e. The van der Waals surface area contributed by atoms with Gasteiger partial charge in [0.15, 0.2) is 0 Å². The molecule has 3 nitrogen and oxygen atoms in total. The molecule has 1 aromatic heterocycles. The number of hydrogen-bond donors (Lipinski definition) is 1. The minimum absolute atomic E-state index is 0. The summed E-state index contributed by atoms with van der Waals surface area (Å²) >= 11 is 0. The highest BCUT2D eigenvalue weighted by Crippen LogP contribution is 2.22. The summed E-state index contributed by atoms with van der Waals surface area (Å²) in [5.41, 5.74) is 8.13. The molecule has 0 bridgehead atoms. The molecule has 4 heteroatoms. The summed E-state index contributed by atoms with van der Waals surface area (Å²) in [6, 6.07) is 14.6. The maximum absolute atomic E-state index is 4.64. The normalized spacial score (nSPS) is 10.2. The minimum atomic E-state index is 0. The van der Waals surface area contributed by atoms with E-state index >= 15 is 0 Å². The molecule has 0 radical (unpaired) electrons. The fourth-order valence-corrected chi connectivity index (χ4v) is 2.43. The lowest BCUT2D eigenvalue weighted by molar-refractivity contribution is 1.16. The molecule has 0 amide bonds. The van der Waals surface area contributed by atoms with E-state index in [2.05, 4.69) is 73.3 Å². The largest absolute Gasteiger partial charge is 0.324 e. The third-order valence-electron chi connectivity index (χ3n) is 4.22. The van der Waals surface area contributed by atoms with Gasteiger partial charge in [-0.1, -0.05) is 18.2 Å². The lowest BCUT2D eigenvalue weighted by Gasteiger charge is -2.09. The second-order valence-corrected chi connectivity index (χ2v) is 5.99. The number of aryl methyl sites for hydroxylation is 4. The molecule has 1 heterocycles. The lowest BCUT2D eigenvalue weighted by Crippen LogP contribution is -1.98. The van der Waals surface area contributed by atoms with Crippen LogP contribution in [0.15, 0.2) is 48.7 Å². The first kappa shape index (κ1) is 18.0. The van der Waals surface area contributed by atoms with E-state index < -0.39 is 0 Å². The number of halogens is 1. The van der Waals surface area contributed by atoms with Crippen molar-refractivity contribution in [1.82, 2.24) is 9.97 Å². The van der Waals surface area contributed by atoms with Crippen LogP contribution in [0.25, 0.3) is 11.3 Å². The fraction of sp³-hybridized carbons (Fsp3) is 0.200. The van der Waals surface area contributed by atoms with E-state index in [1.54, 1.807) is 6.20 Å². The van der Waals surface area contributed by atoms with Crippen molar-refractivity contribution in [3.63, 3.8) is 0 Å². The summed E-state index contributed by atoms with van der Waals surface area (Å²) in [5.74, 6) is 0.615. The Balaban J connectivity index is 0.00000208. The Labute approximate surface area is 149 Å². The van der Waals surface area contributed by atoms with Gasteiger partial charge in [0.2, 0.25) is 5.95 Å². The molecule has 0 unspecified atom stereocenters. The summed E-state index contributed by atoms with van der Waals surface area (Å²) < 4.78 is 0. The first-order chi connectivity index (χ1) is 11.0. The average Bonchev–Trinajstić information content (AvgIpc) is 2.54. The molecule has 0 saturated heterocycles. The van der Waals surface area contributed by atoms with Crippen LogP contribution in [0.3, 0.4) is 0 Å². The molecule has 0 spiro atoms. The van der Waals surface area contributed by atoms with Gasteiger partial charge in [-0.25, -0.2) is 9.97 Å². The Kier molecular flexibility index (Phi) is 5.58. The molecular formula is C20H22ClN3. The lowest BCUT2D eigenvalue weighted by atomic mass is 10.0. The third kappa shape index (κ3) is 3.92. The van der Waals surface area contributed by atoms with Gasteiger partial charge in [-0.15, -0.1) is 12.4 Å². The Morgan fingerprint density at radius 3 is 2.08 bits per heavy atom. The molecule has 3 aromatic rings. The number of nitrogens with one attached hydrogen (secondary N) is 1. The standard InChI is InChI=1S/C20H21N3.ClH/c1-13-5-7-17(11-15(13)3)19-9-10-21-20(23-19)22-18-8-6-14(2)16(4)12-18;/h5-12H,1-4H3,(H,21,22,23);1H. The van der Waals surface area contributed by atoms with Crippen LogP contribution < -0.4 is 5.32 Å². The maximum Gasteiger partial charge on any atom is 0.227 e. The Hall–Kier alpha value is -2.39. The quantitative estimate of drug-likeness (QED) is 0.680. The topological polar surface area (TPSA) is 37.8 Å². The Morgan fingerprint density at radius 2 is 1.42 bits per heavy atom. The molecule has 1 N–H and O–H groups in total. The molecule has 2 aromatic carbocycles. The van der Waals surface area contributed by atoms with Gasteiger partial charge in [0.25, 0.3) is 0 Å². The molecule has 0 saturated carbocycles. The highest BCUT2D eigenvalue weighted by Gasteiger charge is 2.05. The van der Waals surface area contributed by atoms with Crippen LogP contribution in [0.4, 0.5) is 11.6 Å². The van der Waals surface area contributed by atoms with E-state index in [-0.39, 0.29) is 12.4 Å². The summed E-state index contributed by atoms with van der Waals surface area (Å²) in [4.78, 5) is 8.97. The third-order valence-corrected chi connectivity index (χ3v) is 4.22. The molecule has 0 aliphatic heterocycles. The highest BCUT2D eigenvalue weighted by atomic mass is 35.5. The van der Waals surface area contributed by atoms with Crippen molar-refractivity contribution in [2.24, 2.45) is 0 Å². The van der Waals surface area contributed by atoms with Crippen LogP contribution in [0, 0.1) is 27.7 Å². The average molecular weight is 340 g/mol. The van der Waals surface area contributed by atoms with Crippen molar-refractivity contribution in [3.05, 3.63) is 70.9 Å². The van der Waals surface area contributed by atoms with Crippen molar-refractivity contribution in [1.29, 1.82) is 0 Å². The van der Waals surface area contributed by atoms with Crippen LogP contribution >= 0.6 is 12.4 Å². The number of rotatable bonds is 3. The van der Waals surface area contributed by atoms with E-state index in [0.717, 1.165) is 16.9 Å². The number of hydrogen-bond acceptors (Lipinski definition) is 3. The van der Waals surface area contributed by atoms with Crippen molar-refractivity contribution in [2.75, 3.05) is 5.32 Å². The van der Waals surface area contributed by atoms with Gasteiger partial charge in [-0.2, -0.15) is 0 Å². The molecule has 0 atom stereocenters. The van der Waals surface area contributed by atoms with Gasteiger partial charge < -0.3 is 5.32 Å². The number of nitrogens with zero attached hydrogens (tertiary/aromatic N) is 2. The second-order valence-electron chi connectivity index (χ2n) is 5.99. The van der Waals surface area contributed by atoms with E-state index in [0.29, 0.717) is 5.95 Å². The summed E-state index contributed by atoms with van der Waals surface area (Å²) in [7, 11) is 0. The van der Waals surface area contributed by atoms with Gasteiger partial charge in [0, 0.05) is 17.4 Å². The van der Waals surface area contributed by atoms with E-state index in [9.17, 15) is 0 Å². The Morgan fingerprint density at radius 1 is 0.750 bits per heavy atom. The summed E-state index contributed by atoms with van der Waals surface area (Å²) in [5, 5.41) is 3.29. The number of anilines is 2. The molecule has 124 valence electrons. The Bertz CT molecular complexity index is 859. The van der Waals surface area contributed by atoms with Crippen LogP contribution in [0.1, 0.15) is 22.3 Å². The molecule has 0 fully saturated rings. The molecule has 0 aliphatic rings. The van der Waals surface area contributed by atoms with Crippen molar-refractivity contribution in [2.45, 2.75) is 27.7 Å². The van der Waals surface area contributed by atoms with Gasteiger partial charge in [-0.3, -0.25) is 0 Å². The van der Waals surface area contributed by atoms with Gasteiger partial charge >= 0.3 is 0 Å².